The van der Waals surface area contributed by atoms with Crippen molar-refractivity contribution in [2.75, 3.05) is 24.3 Å². The molecule has 0 amide bonds. The van der Waals surface area contributed by atoms with E-state index in [1.54, 1.807) is 12.3 Å². The first-order chi connectivity index (χ1) is 21.1. The van der Waals surface area contributed by atoms with Gasteiger partial charge in [-0.3, -0.25) is 0 Å². The second-order valence-electron chi connectivity index (χ2n) is 12.2. The Bertz CT molecular complexity index is 1740. The van der Waals surface area contributed by atoms with E-state index < -0.39 is 15.6 Å². The van der Waals surface area contributed by atoms with Crippen molar-refractivity contribution in [3.63, 3.8) is 0 Å². The maximum atomic E-state index is 13.8. The molecular weight excluding hydrogens is 621 g/mol. The average Bonchev–Trinajstić information content (AvgIpc) is 3.45. The normalized spacial score (nSPS) is 11.7. The van der Waals surface area contributed by atoms with Gasteiger partial charge in [0.1, 0.15) is 10.8 Å². The lowest BCUT2D eigenvalue weighted by molar-refractivity contribution is 0.403. The van der Waals surface area contributed by atoms with Crippen molar-refractivity contribution >= 4 is 50.1 Å². The SMILES string of the molecule is C=C(N(C)Cc1ccccc1)N(C)c1ccc(-c2cnc(-c3ccc(NC(=S)NC(C)C)cc3)s2)c(S(=O)(=O)NC(C)(C)C)c1. The van der Waals surface area contributed by atoms with Gasteiger partial charge in [0.2, 0.25) is 10.0 Å². The molecule has 4 rings (SSSR count). The molecule has 0 bridgehead atoms. The third-order valence-electron chi connectivity index (χ3n) is 6.75. The van der Waals surface area contributed by atoms with E-state index in [-0.39, 0.29) is 10.9 Å². The Morgan fingerprint density at radius 2 is 1.69 bits per heavy atom. The smallest absolute Gasteiger partial charge is 0.241 e. The molecule has 238 valence electrons. The van der Waals surface area contributed by atoms with E-state index in [0.29, 0.717) is 22.9 Å². The largest absolute Gasteiger partial charge is 0.360 e. The first-order valence-corrected chi connectivity index (χ1v) is 17.3. The number of aromatic nitrogens is 1. The van der Waals surface area contributed by atoms with Crippen LogP contribution in [0.2, 0.25) is 0 Å². The monoisotopic (exact) mass is 662 g/mol. The van der Waals surface area contributed by atoms with Gasteiger partial charge in [0.05, 0.1) is 9.77 Å². The highest BCUT2D eigenvalue weighted by molar-refractivity contribution is 7.89. The van der Waals surface area contributed by atoms with Crippen molar-refractivity contribution in [3.8, 4) is 21.0 Å². The number of anilines is 2. The van der Waals surface area contributed by atoms with Gasteiger partial charge in [-0.05, 0) is 88.8 Å². The maximum absolute atomic E-state index is 13.8. The number of hydrogen-bond acceptors (Lipinski definition) is 7. The zero-order valence-electron chi connectivity index (χ0n) is 26.9. The zero-order valence-corrected chi connectivity index (χ0v) is 29.3. The minimum atomic E-state index is -3.90. The summed E-state index contributed by atoms with van der Waals surface area (Å²) in [4.78, 5) is 9.52. The summed E-state index contributed by atoms with van der Waals surface area (Å²) in [6, 6.07) is 23.7. The van der Waals surface area contributed by atoms with Gasteiger partial charge >= 0.3 is 0 Å². The fourth-order valence-electron chi connectivity index (χ4n) is 4.61. The molecule has 0 aliphatic carbocycles. The van der Waals surface area contributed by atoms with Gasteiger partial charge in [0.15, 0.2) is 5.11 Å². The second kappa shape index (κ2) is 14.1. The molecule has 0 spiro atoms. The van der Waals surface area contributed by atoms with Gasteiger partial charge in [0.25, 0.3) is 0 Å². The Balaban J connectivity index is 1.64. The van der Waals surface area contributed by atoms with Crippen LogP contribution in [0, 0.1) is 0 Å². The van der Waals surface area contributed by atoms with Gasteiger partial charge < -0.3 is 20.4 Å². The molecule has 11 heteroatoms. The van der Waals surface area contributed by atoms with Gasteiger partial charge in [0, 0.05) is 60.9 Å². The Kier molecular flexibility index (Phi) is 10.7. The molecule has 8 nitrogen and oxygen atoms in total. The molecule has 0 radical (unpaired) electrons. The Morgan fingerprint density at radius 1 is 1.02 bits per heavy atom. The second-order valence-corrected chi connectivity index (χ2v) is 15.3. The molecule has 0 saturated carbocycles. The number of nitrogens with one attached hydrogen (secondary N) is 3. The third-order valence-corrected chi connectivity index (χ3v) is 9.85. The van der Waals surface area contributed by atoms with E-state index in [1.807, 2.05) is 113 Å². The summed E-state index contributed by atoms with van der Waals surface area (Å²) in [7, 11) is -0.0364. The van der Waals surface area contributed by atoms with E-state index in [1.165, 1.54) is 11.3 Å². The van der Waals surface area contributed by atoms with Crippen LogP contribution in [0.3, 0.4) is 0 Å². The van der Waals surface area contributed by atoms with Crippen molar-refractivity contribution < 1.29 is 8.42 Å². The average molecular weight is 663 g/mol. The summed E-state index contributed by atoms with van der Waals surface area (Å²) in [6.45, 7) is 14.5. The zero-order chi connectivity index (χ0) is 32.9. The molecule has 0 atom stereocenters. The Hall–Kier alpha value is -3.77. The van der Waals surface area contributed by atoms with Gasteiger partial charge in [-0.1, -0.05) is 43.0 Å². The quantitative estimate of drug-likeness (QED) is 0.144. The standard InChI is InChI=1S/C34H42N6O2S3/c1-23(2)36-33(43)37-27-16-14-26(15-17-27)32-35-21-30(44-32)29-19-18-28(20-31(29)45(41,42)38-34(4,5)6)40(8)24(3)39(7)22-25-12-10-9-11-13-25/h9-21,23,38H,3,22H2,1-2,4-8H3,(H2,36,37,43). The molecule has 0 unspecified atom stereocenters. The molecule has 1 aromatic heterocycles. The number of nitrogens with zero attached hydrogens (tertiary/aromatic N) is 3. The summed E-state index contributed by atoms with van der Waals surface area (Å²) >= 11 is 6.79. The van der Waals surface area contributed by atoms with E-state index in [0.717, 1.165) is 32.5 Å². The number of thiazole rings is 1. The summed E-state index contributed by atoms with van der Waals surface area (Å²) in [5.41, 5.74) is 3.56. The molecular formula is C34H42N6O2S3. The van der Waals surface area contributed by atoms with Crippen molar-refractivity contribution in [2.45, 2.75) is 57.6 Å². The van der Waals surface area contributed by atoms with Crippen LogP contribution < -0.4 is 20.3 Å². The van der Waals surface area contributed by atoms with Crippen molar-refractivity contribution in [1.82, 2.24) is 19.9 Å². The number of thiocarbonyl (C=S) groups is 1. The van der Waals surface area contributed by atoms with Crippen LogP contribution in [0.4, 0.5) is 11.4 Å². The number of sulfonamides is 1. The lowest BCUT2D eigenvalue weighted by Gasteiger charge is -2.31. The Labute approximate surface area is 277 Å². The summed E-state index contributed by atoms with van der Waals surface area (Å²) in [5.74, 6) is 0.734. The highest BCUT2D eigenvalue weighted by atomic mass is 32.2. The molecule has 0 aliphatic heterocycles. The fraction of sp³-hybridized carbons (Fsp3) is 0.294. The summed E-state index contributed by atoms with van der Waals surface area (Å²) in [6.07, 6.45) is 1.73. The van der Waals surface area contributed by atoms with Crippen LogP contribution in [0.25, 0.3) is 21.0 Å². The van der Waals surface area contributed by atoms with Crippen LogP contribution >= 0.6 is 23.6 Å². The van der Waals surface area contributed by atoms with Crippen LogP contribution in [-0.4, -0.2) is 49.1 Å². The Morgan fingerprint density at radius 3 is 2.31 bits per heavy atom. The molecule has 0 fully saturated rings. The minimum Gasteiger partial charge on any atom is -0.360 e. The van der Waals surface area contributed by atoms with Crippen LogP contribution in [0.15, 0.2) is 96.3 Å². The predicted octanol–water partition coefficient (Wildman–Crippen LogP) is 7.29. The minimum absolute atomic E-state index is 0.182. The first-order valence-electron chi connectivity index (χ1n) is 14.6. The van der Waals surface area contributed by atoms with E-state index in [9.17, 15) is 8.42 Å². The van der Waals surface area contributed by atoms with Gasteiger partial charge in [-0.25, -0.2) is 18.1 Å². The maximum Gasteiger partial charge on any atom is 0.241 e. The highest BCUT2D eigenvalue weighted by Gasteiger charge is 2.27. The lowest BCUT2D eigenvalue weighted by atomic mass is 10.1. The molecule has 4 aromatic rings. The highest BCUT2D eigenvalue weighted by Crippen LogP contribution is 2.38. The number of benzene rings is 3. The first kappa shape index (κ1) is 34.1. The topological polar surface area (TPSA) is 89.6 Å². The lowest BCUT2D eigenvalue weighted by Crippen LogP contribution is -2.40. The van der Waals surface area contributed by atoms with Crippen LogP contribution in [0.5, 0.6) is 0 Å². The van der Waals surface area contributed by atoms with Gasteiger partial charge in [-0.15, -0.1) is 11.3 Å². The van der Waals surface area contributed by atoms with E-state index in [2.05, 4.69) is 39.1 Å². The van der Waals surface area contributed by atoms with Crippen molar-refractivity contribution in [2.24, 2.45) is 0 Å². The molecule has 3 N–H and O–H groups in total. The van der Waals surface area contributed by atoms with E-state index in [4.69, 9.17) is 12.2 Å². The summed E-state index contributed by atoms with van der Waals surface area (Å²) in [5, 5.41) is 7.69. The van der Waals surface area contributed by atoms with E-state index >= 15 is 0 Å². The molecule has 3 aromatic carbocycles. The van der Waals surface area contributed by atoms with Crippen molar-refractivity contribution in [1.29, 1.82) is 0 Å². The number of hydrogen-bond donors (Lipinski definition) is 3. The van der Waals surface area contributed by atoms with Crippen LogP contribution in [0.1, 0.15) is 40.2 Å². The van der Waals surface area contributed by atoms with Crippen molar-refractivity contribution in [3.05, 3.63) is 97.0 Å². The predicted molar refractivity (Wildman–Crippen MR) is 193 cm³/mol. The molecule has 45 heavy (non-hydrogen) atoms. The molecule has 0 aliphatic rings. The molecule has 0 saturated heterocycles. The van der Waals surface area contributed by atoms with Gasteiger partial charge in [-0.2, -0.15) is 0 Å². The number of rotatable bonds is 11. The fourth-order valence-corrected chi connectivity index (χ4v) is 7.65. The third kappa shape index (κ3) is 9.13. The van der Waals surface area contributed by atoms with Crippen LogP contribution in [-0.2, 0) is 16.6 Å². The summed E-state index contributed by atoms with van der Waals surface area (Å²) < 4.78 is 30.5. The molecule has 1 heterocycles.